The Morgan fingerprint density at radius 2 is 1.21 bits per heavy atom. The molecule has 0 radical (unpaired) electrons. The van der Waals surface area contributed by atoms with Crippen molar-refractivity contribution >= 4 is 6.08 Å². The van der Waals surface area contributed by atoms with E-state index in [1.54, 1.807) is 0 Å². The molecule has 0 aliphatic rings. The Morgan fingerprint density at radius 1 is 0.842 bits per heavy atom. The highest BCUT2D eigenvalue weighted by atomic mass is 14.4. The largest absolute Gasteiger partial charge is 0.192 e. The number of benzene rings is 1. The zero-order chi connectivity index (χ0) is 14.6. The molecule has 0 bridgehead atoms. The molecule has 90 valence electrons. The molecule has 4 nitrogen and oxygen atoms in total. The fourth-order valence-electron chi connectivity index (χ4n) is 2.03. The smallest absolute Gasteiger partial charge is 0.101 e. The van der Waals surface area contributed by atoms with Gasteiger partial charge in [0, 0.05) is 5.56 Å². The van der Waals surface area contributed by atoms with Crippen LogP contribution >= 0.6 is 0 Å². The van der Waals surface area contributed by atoms with Gasteiger partial charge in [-0.05, 0) is 11.5 Å². The van der Waals surface area contributed by atoms with Crippen LogP contribution in [0.15, 0.2) is 6.58 Å². The number of nitrogens with zero attached hydrogens (tertiary/aromatic N) is 4. The van der Waals surface area contributed by atoms with Gasteiger partial charge in [0.2, 0.25) is 0 Å². The summed E-state index contributed by atoms with van der Waals surface area (Å²) in [6.07, 6.45) is 1.34. The zero-order valence-electron chi connectivity index (χ0n) is 10.7. The third-order valence-electron chi connectivity index (χ3n) is 2.81. The van der Waals surface area contributed by atoms with Crippen LogP contribution in [0.1, 0.15) is 53.1 Å². The molecule has 0 saturated carbocycles. The highest BCUT2D eigenvalue weighted by Crippen LogP contribution is 2.32. The first kappa shape index (κ1) is 14.0. The molecule has 1 aromatic rings. The van der Waals surface area contributed by atoms with Crippen molar-refractivity contribution in [1.82, 2.24) is 0 Å². The van der Waals surface area contributed by atoms with E-state index < -0.39 is 0 Å². The van der Waals surface area contributed by atoms with Crippen molar-refractivity contribution in [1.29, 1.82) is 21.0 Å². The maximum atomic E-state index is 9.26. The molecule has 0 unspecified atom stereocenters. The lowest BCUT2D eigenvalue weighted by Crippen LogP contribution is -2.06. The van der Waals surface area contributed by atoms with E-state index in [9.17, 15) is 21.0 Å². The minimum atomic E-state index is -0.137. The highest BCUT2D eigenvalue weighted by Gasteiger charge is 2.24. The minimum absolute atomic E-state index is 0.108. The molecule has 0 saturated heterocycles. The minimum Gasteiger partial charge on any atom is -0.192 e. The maximum Gasteiger partial charge on any atom is 0.101 e. The van der Waals surface area contributed by atoms with Gasteiger partial charge in [-0.2, -0.15) is 21.0 Å². The lowest BCUT2D eigenvalue weighted by molar-refractivity contribution is 0.856. The Hall–Kier alpha value is -3.08. The normalized spacial score (nSPS) is 9.00. The van der Waals surface area contributed by atoms with E-state index in [0.717, 1.165) is 0 Å². The van der Waals surface area contributed by atoms with Gasteiger partial charge >= 0.3 is 0 Å². The molecule has 4 heteroatoms. The molecule has 1 aromatic carbocycles. The van der Waals surface area contributed by atoms with Gasteiger partial charge in [-0.1, -0.05) is 26.5 Å². The Kier molecular flexibility index (Phi) is 4.05. The first-order valence-corrected chi connectivity index (χ1v) is 5.53. The van der Waals surface area contributed by atoms with Crippen molar-refractivity contribution in [3.05, 3.63) is 40.0 Å². The second kappa shape index (κ2) is 5.50. The van der Waals surface area contributed by atoms with E-state index in [-0.39, 0.29) is 33.7 Å². The van der Waals surface area contributed by atoms with Crippen LogP contribution < -0.4 is 0 Å². The second-order valence-corrected chi connectivity index (χ2v) is 4.13. The summed E-state index contributed by atoms with van der Waals surface area (Å²) in [5, 5.41) is 36.9. The van der Waals surface area contributed by atoms with Gasteiger partial charge in [-0.15, -0.1) is 0 Å². The van der Waals surface area contributed by atoms with Crippen LogP contribution in [0.2, 0.25) is 0 Å². The number of nitriles is 4. The van der Waals surface area contributed by atoms with Gasteiger partial charge < -0.3 is 0 Å². The molecule has 1 rings (SSSR count). The molecule has 0 N–H and O–H groups in total. The van der Waals surface area contributed by atoms with Crippen molar-refractivity contribution in [2.45, 2.75) is 19.8 Å². The molecular formula is C15H10N4. The summed E-state index contributed by atoms with van der Waals surface area (Å²) >= 11 is 0. The van der Waals surface area contributed by atoms with E-state index in [1.165, 1.54) is 6.08 Å². The molecule has 0 aromatic heterocycles. The molecule has 0 amide bonds. The molecule has 19 heavy (non-hydrogen) atoms. The second-order valence-electron chi connectivity index (χ2n) is 4.13. The SMILES string of the molecule is C=Cc1c(C#N)c(C#N)c(C(C)C)c(C#N)c1C#N. The summed E-state index contributed by atoms with van der Waals surface area (Å²) < 4.78 is 0. The summed E-state index contributed by atoms with van der Waals surface area (Å²) in [6, 6.07) is 7.80. The van der Waals surface area contributed by atoms with Crippen molar-refractivity contribution in [2.24, 2.45) is 0 Å². The molecule has 0 fully saturated rings. The molecule has 0 heterocycles. The average Bonchev–Trinajstić information content (AvgIpc) is 2.43. The van der Waals surface area contributed by atoms with Crippen molar-refractivity contribution in [3.8, 4) is 24.3 Å². The van der Waals surface area contributed by atoms with Gasteiger partial charge in [0.1, 0.15) is 24.3 Å². The lowest BCUT2D eigenvalue weighted by Gasteiger charge is -2.15. The first-order valence-electron chi connectivity index (χ1n) is 5.53. The summed E-state index contributed by atoms with van der Waals surface area (Å²) in [4.78, 5) is 0. The van der Waals surface area contributed by atoms with E-state index in [2.05, 4.69) is 6.58 Å². The van der Waals surface area contributed by atoms with Crippen molar-refractivity contribution < 1.29 is 0 Å². The fourth-order valence-corrected chi connectivity index (χ4v) is 2.03. The van der Waals surface area contributed by atoms with E-state index in [1.807, 2.05) is 38.1 Å². The summed E-state index contributed by atoms with van der Waals surface area (Å²) in [6.45, 7) is 7.18. The van der Waals surface area contributed by atoms with E-state index in [0.29, 0.717) is 5.56 Å². The van der Waals surface area contributed by atoms with Gasteiger partial charge in [-0.25, -0.2) is 0 Å². The van der Waals surface area contributed by atoms with Gasteiger partial charge in [0.05, 0.1) is 22.3 Å². The topological polar surface area (TPSA) is 95.2 Å². The molecule has 0 aliphatic heterocycles. The van der Waals surface area contributed by atoms with Crippen molar-refractivity contribution in [2.75, 3.05) is 0 Å². The molecule has 0 atom stereocenters. The summed E-state index contributed by atoms with van der Waals surface area (Å²) in [5.41, 5.74) is 1.23. The number of hydrogen-bond donors (Lipinski definition) is 0. The van der Waals surface area contributed by atoms with Gasteiger partial charge in [-0.3, -0.25) is 0 Å². The van der Waals surface area contributed by atoms with Gasteiger partial charge in [0.15, 0.2) is 0 Å². The lowest BCUT2D eigenvalue weighted by atomic mass is 9.83. The van der Waals surface area contributed by atoms with E-state index in [4.69, 9.17) is 0 Å². The summed E-state index contributed by atoms with van der Waals surface area (Å²) in [5.74, 6) is -0.137. The number of rotatable bonds is 2. The highest BCUT2D eigenvalue weighted by molar-refractivity contribution is 5.75. The Labute approximate surface area is 112 Å². The zero-order valence-corrected chi connectivity index (χ0v) is 10.7. The predicted molar refractivity (Wildman–Crippen MR) is 69.5 cm³/mol. The van der Waals surface area contributed by atoms with Crippen LogP contribution in [0.5, 0.6) is 0 Å². The van der Waals surface area contributed by atoms with Crippen LogP contribution in [-0.2, 0) is 0 Å². The molecule has 0 aliphatic carbocycles. The fraction of sp³-hybridized carbons (Fsp3) is 0.200. The maximum absolute atomic E-state index is 9.26. The van der Waals surface area contributed by atoms with Crippen molar-refractivity contribution in [3.63, 3.8) is 0 Å². The third kappa shape index (κ3) is 2.04. The quantitative estimate of drug-likeness (QED) is 0.801. The van der Waals surface area contributed by atoms with Crippen LogP contribution in [0.3, 0.4) is 0 Å². The Bertz CT molecular complexity index is 660. The predicted octanol–water partition coefficient (Wildman–Crippen LogP) is 2.94. The Balaban J connectivity index is 4.15. The summed E-state index contributed by atoms with van der Waals surface area (Å²) in [7, 11) is 0. The van der Waals surface area contributed by atoms with E-state index >= 15 is 0 Å². The van der Waals surface area contributed by atoms with Crippen LogP contribution in [0, 0.1) is 45.3 Å². The Morgan fingerprint density at radius 3 is 1.42 bits per heavy atom. The monoisotopic (exact) mass is 246 g/mol. The molecule has 0 spiro atoms. The van der Waals surface area contributed by atoms with Crippen LogP contribution in [-0.4, -0.2) is 0 Å². The average molecular weight is 246 g/mol. The molecular weight excluding hydrogens is 236 g/mol. The standard InChI is InChI=1S/C15H10N4/c1-4-10-11(5-16)13(7-18)15(9(2)3)14(8-19)12(10)6-17/h4,9H,1H2,2-3H3. The van der Waals surface area contributed by atoms with Crippen LogP contribution in [0.4, 0.5) is 0 Å². The number of hydrogen-bond acceptors (Lipinski definition) is 4. The third-order valence-corrected chi connectivity index (χ3v) is 2.81. The first-order chi connectivity index (χ1) is 9.06. The van der Waals surface area contributed by atoms with Crippen LogP contribution in [0.25, 0.3) is 6.08 Å². The van der Waals surface area contributed by atoms with Gasteiger partial charge in [0.25, 0.3) is 0 Å².